The summed E-state index contributed by atoms with van der Waals surface area (Å²) in [5.74, 6) is -1.31. The van der Waals surface area contributed by atoms with Gasteiger partial charge < -0.3 is 4.74 Å². The fraction of sp³-hybridized carbons (Fsp3) is 0.235. The number of hydrogen-bond donors (Lipinski definition) is 0. The topological polar surface area (TPSA) is 60.4 Å². The maximum absolute atomic E-state index is 12.5. The van der Waals surface area contributed by atoms with Crippen LogP contribution in [-0.4, -0.2) is 24.6 Å². The number of fused-ring (bicyclic) bond motifs is 1. The first-order valence-electron chi connectivity index (χ1n) is 6.88. The molecule has 0 saturated carbocycles. The summed E-state index contributed by atoms with van der Waals surface area (Å²) in [6.45, 7) is 1.90. The van der Waals surface area contributed by atoms with Crippen molar-refractivity contribution in [2.75, 3.05) is 7.11 Å². The smallest absolute Gasteiger partial charge is 0.333 e. The average Bonchev–Trinajstić information content (AvgIpc) is 2.55. The number of carbonyl (C=O) groups excluding carboxylic acids is 3. The minimum absolute atomic E-state index is 0.0409. The summed E-state index contributed by atoms with van der Waals surface area (Å²) in [4.78, 5) is 36.6. The molecule has 0 saturated heterocycles. The molecule has 114 valence electrons. The zero-order valence-corrected chi connectivity index (χ0v) is 13.1. The molecule has 0 radical (unpaired) electrons. The molecule has 0 fully saturated rings. The molecule has 22 heavy (non-hydrogen) atoms. The van der Waals surface area contributed by atoms with Crippen LogP contribution in [0.2, 0.25) is 0 Å². The van der Waals surface area contributed by atoms with Gasteiger partial charge in [0.15, 0.2) is 5.78 Å². The van der Waals surface area contributed by atoms with Crippen LogP contribution in [0.25, 0.3) is 0 Å². The molecule has 0 N–H and O–H groups in total. The van der Waals surface area contributed by atoms with Gasteiger partial charge >= 0.3 is 5.97 Å². The third-order valence-corrected chi connectivity index (χ3v) is 3.76. The third kappa shape index (κ3) is 2.88. The van der Waals surface area contributed by atoms with E-state index in [4.69, 9.17) is 16.3 Å². The van der Waals surface area contributed by atoms with Gasteiger partial charge in [0.25, 0.3) is 0 Å². The van der Waals surface area contributed by atoms with Crippen molar-refractivity contribution in [3.8, 4) is 0 Å². The molecule has 4 nitrogen and oxygen atoms in total. The molecule has 5 heteroatoms. The van der Waals surface area contributed by atoms with Crippen LogP contribution in [0.4, 0.5) is 0 Å². The number of ketones is 2. The van der Waals surface area contributed by atoms with Gasteiger partial charge in [0.2, 0.25) is 5.78 Å². The lowest BCUT2D eigenvalue weighted by atomic mass is 9.88. The molecule has 0 bridgehead atoms. The highest BCUT2D eigenvalue weighted by Crippen LogP contribution is 2.30. The molecular formula is C17H15ClO4. The van der Waals surface area contributed by atoms with E-state index in [9.17, 15) is 14.4 Å². The first-order valence-corrected chi connectivity index (χ1v) is 7.26. The summed E-state index contributed by atoms with van der Waals surface area (Å²) in [5, 5.41) is -0.166. The van der Waals surface area contributed by atoms with Crippen LogP contribution in [-0.2, 0) is 9.53 Å². The maximum Gasteiger partial charge on any atom is 0.333 e. The van der Waals surface area contributed by atoms with Gasteiger partial charge in [-0.2, -0.15) is 0 Å². The number of ether oxygens (including phenoxy) is 1. The van der Waals surface area contributed by atoms with Crippen molar-refractivity contribution in [2.45, 2.75) is 19.8 Å². The highest BCUT2D eigenvalue weighted by atomic mass is 35.5. The first kappa shape index (κ1) is 16.2. The SMILES string of the molecule is CCC/C(=C/C1=C(Cl)C(=O)c2ccccc2C1=O)C(=O)OC. The molecule has 0 amide bonds. The molecule has 0 aromatic heterocycles. The van der Waals surface area contributed by atoms with Crippen LogP contribution >= 0.6 is 11.6 Å². The minimum Gasteiger partial charge on any atom is -0.466 e. The number of halogens is 1. The van der Waals surface area contributed by atoms with E-state index < -0.39 is 11.8 Å². The first-order chi connectivity index (χ1) is 10.5. The number of methoxy groups -OCH3 is 1. The van der Waals surface area contributed by atoms with Crippen molar-refractivity contribution < 1.29 is 19.1 Å². The number of esters is 1. The molecule has 0 atom stereocenters. The Kier molecular flexibility index (Phi) is 4.93. The summed E-state index contributed by atoms with van der Waals surface area (Å²) in [6, 6.07) is 6.49. The zero-order valence-electron chi connectivity index (χ0n) is 12.3. The van der Waals surface area contributed by atoms with Gasteiger partial charge in [0.1, 0.15) is 0 Å². The van der Waals surface area contributed by atoms with Crippen LogP contribution in [0.5, 0.6) is 0 Å². The molecule has 0 spiro atoms. The third-order valence-electron chi connectivity index (χ3n) is 3.38. The van der Waals surface area contributed by atoms with E-state index >= 15 is 0 Å². The van der Waals surface area contributed by atoms with Crippen LogP contribution in [0.15, 0.2) is 46.5 Å². The van der Waals surface area contributed by atoms with Gasteiger partial charge in [-0.15, -0.1) is 0 Å². The minimum atomic E-state index is -0.530. The van der Waals surface area contributed by atoms with E-state index in [1.54, 1.807) is 24.3 Å². The van der Waals surface area contributed by atoms with Crippen molar-refractivity contribution in [3.05, 3.63) is 57.6 Å². The Morgan fingerprint density at radius 2 is 1.77 bits per heavy atom. The Balaban J connectivity index is 2.55. The van der Waals surface area contributed by atoms with Gasteiger partial charge in [-0.3, -0.25) is 9.59 Å². The van der Waals surface area contributed by atoms with Crippen molar-refractivity contribution >= 4 is 29.1 Å². The molecule has 1 aromatic rings. The van der Waals surface area contributed by atoms with E-state index in [1.807, 2.05) is 6.92 Å². The molecule has 2 rings (SSSR count). The fourth-order valence-corrected chi connectivity index (χ4v) is 2.54. The lowest BCUT2D eigenvalue weighted by molar-refractivity contribution is -0.136. The predicted octanol–water partition coefficient (Wildman–Crippen LogP) is 3.46. The van der Waals surface area contributed by atoms with Crippen LogP contribution in [0, 0.1) is 0 Å². The normalized spacial score (nSPS) is 15.0. The monoisotopic (exact) mass is 318 g/mol. The summed E-state index contributed by atoms with van der Waals surface area (Å²) in [7, 11) is 1.27. The van der Waals surface area contributed by atoms with E-state index in [0.29, 0.717) is 24.0 Å². The zero-order chi connectivity index (χ0) is 16.3. The largest absolute Gasteiger partial charge is 0.466 e. The van der Waals surface area contributed by atoms with Gasteiger partial charge in [0.05, 0.1) is 12.1 Å². The fourth-order valence-electron chi connectivity index (χ4n) is 2.30. The molecule has 0 heterocycles. The van der Waals surface area contributed by atoms with Crippen molar-refractivity contribution in [1.29, 1.82) is 0 Å². The van der Waals surface area contributed by atoms with Gasteiger partial charge in [-0.05, 0) is 12.5 Å². The van der Waals surface area contributed by atoms with E-state index in [0.717, 1.165) is 0 Å². The second-order valence-corrected chi connectivity index (χ2v) is 5.22. The second-order valence-electron chi connectivity index (χ2n) is 4.84. The Hall–Kier alpha value is -2.20. The molecule has 0 unspecified atom stereocenters. The number of carbonyl (C=O) groups is 3. The van der Waals surface area contributed by atoms with Crippen molar-refractivity contribution in [3.63, 3.8) is 0 Å². The maximum atomic E-state index is 12.5. The van der Waals surface area contributed by atoms with Gasteiger partial charge in [-0.25, -0.2) is 4.79 Å². The van der Waals surface area contributed by atoms with Crippen molar-refractivity contribution in [1.82, 2.24) is 0 Å². The predicted molar refractivity (Wildman–Crippen MR) is 83.0 cm³/mol. The van der Waals surface area contributed by atoms with Crippen LogP contribution < -0.4 is 0 Å². The van der Waals surface area contributed by atoms with Gasteiger partial charge in [-0.1, -0.05) is 49.2 Å². The number of allylic oxidation sites excluding steroid dienone is 3. The number of hydrogen-bond acceptors (Lipinski definition) is 4. The average molecular weight is 319 g/mol. The summed E-state index contributed by atoms with van der Waals surface area (Å²) in [6.07, 6.45) is 2.50. The number of rotatable bonds is 4. The van der Waals surface area contributed by atoms with Gasteiger partial charge in [0, 0.05) is 22.3 Å². The van der Waals surface area contributed by atoms with Crippen LogP contribution in [0.3, 0.4) is 0 Å². The van der Waals surface area contributed by atoms with Crippen molar-refractivity contribution in [2.24, 2.45) is 0 Å². The lowest BCUT2D eigenvalue weighted by Gasteiger charge is -2.16. The molecular weight excluding hydrogens is 304 g/mol. The highest BCUT2D eigenvalue weighted by Gasteiger charge is 2.30. The Morgan fingerprint density at radius 3 is 2.32 bits per heavy atom. The summed E-state index contributed by atoms with van der Waals surface area (Å²) < 4.78 is 4.70. The number of Topliss-reactive ketones (excluding diaryl/α,β-unsaturated/α-hetero) is 2. The van der Waals surface area contributed by atoms with Crippen LogP contribution in [0.1, 0.15) is 40.5 Å². The number of benzene rings is 1. The molecule has 0 aliphatic heterocycles. The Bertz CT molecular complexity index is 713. The second kappa shape index (κ2) is 6.71. The molecule has 1 aliphatic rings. The van der Waals surface area contributed by atoms with E-state index in [-0.39, 0.29) is 22.0 Å². The lowest BCUT2D eigenvalue weighted by Crippen LogP contribution is -2.19. The van der Waals surface area contributed by atoms with E-state index in [2.05, 4.69) is 0 Å². The molecule has 1 aromatic carbocycles. The Labute approximate surface area is 133 Å². The summed E-state index contributed by atoms with van der Waals surface area (Å²) in [5.41, 5.74) is 0.937. The van der Waals surface area contributed by atoms with E-state index in [1.165, 1.54) is 13.2 Å². The Morgan fingerprint density at radius 1 is 1.18 bits per heavy atom. The highest BCUT2D eigenvalue weighted by molar-refractivity contribution is 6.50. The standard InChI is InChI=1S/C17H15ClO4/c1-3-6-10(17(21)22-2)9-13-14(18)16(20)12-8-5-4-7-11(12)15(13)19/h4-5,7-9H,3,6H2,1-2H3/b10-9-. The quantitative estimate of drug-likeness (QED) is 0.630. The summed E-state index contributed by atoms with van der Waals surface area (Å²) >= 11 is 6.06. The molecule has 1 aliphatic carbocycles.